The molecule has 1 aliphatic rings. The summed E-state index contributed by atoms with van der Waals surface area (Å²) in [5, 5.41) is 1.15. The predicted molar refractivity (Wildman–Crippen MR) is 77.6 cm³/mol. The third kappa shape index (κ3) is 3.75. The maximum Gasteiger partial charge on any atom is 0.279 e. The second-order valence-electron chi connectivity index (χ2n) is 4.88. The average molecular weight is 303 g/mol. The average Bonchev–Trinajstić information content (AvgIpc) is 2.83. The Bertz CT molecular complexity index is 505. The van der Waals surface area contributed by atoms with Crippen LogP contribution >= 0.6 is 11.3 Å². The van der Waals surface area contributed by atoms with Crippen LogP contribution in [0.15, 0.2) is 6.20 Å². The van der Waals surface area contributed by atoms with Crippen molar-refractivity contribution in [1.82, 2.24) is 14.0 Å². The summed E-state index contributed by atoms with van der Waals surface area (Å²) in [7, 11) is -3.28. The Hall–Kier alpha value is -0.500. The van der Waals surface area contributed by atoms with Gasteiger partial charge in [-0.05, 0) is 26.2 Å². The molecular weight excluding hydrogens is 282 g/mol. The van der Waals surface area contributed by atoms with Gasteiger partial charge in [0.15, 0.2) is 0 Å². The van der Waals surface area contributed by atoms with Crippen molar-refractivity contribution in [3.05, 3.63) is 16.1 Å². The molecule has 0 aliphatic carbocycles. The second-order valence-corrected chi connectivity index (χ2v) is 7.90. The van der Waals surface area contributed by atoms with Gasteiger partial charge in [0.25, 0.3) is 10.2 Å². The van der Waals surface area contributed by atoms with Crippen LogP contribution in [-0.2, 0) is 10.2 Å². The fourth-order valence-electron chi connectivity index (χ4n) is 2.23. The number of nitrogens with zero attached hydrogens (tertiary/aromatic N) is 2. The number of aromatic nitrogens is 1. The Kier molecular flexibility index (Phi) is 4.94. The van der Waals surface area contributed by atoms with Gasteiger partial charge in [0.05, 0.1) is 5.01 Å². The molecule has 108 valence electrons. The van der Waals surface area contributed by atoms with Gasteiger partial charge in [0.1, 0.15) is 0 Å². The molecule has 7 heteroatoms. The fourth-order valence-corrected chi connectivity index (χ4v) is 4.51. The number of hydrogen-bond acceptors (Lipinski definition) is 4. The van der Waals surface area contributed by atoms with Crippen molar-refractivity contribution in [2.24, 2.45) is 0 Å². The van der Waals surface area contributed by atoms with Gasteiger partial charge in [0.2, 0.25) is 0 Å². The van der Waals surface area contributed by atoms with Gasteiger partial charge in [-0.25, -0.2) is 9.71 Å². The lowest BCUT2D eigenvalue weighted by molar-refractivity contribution is 0.315. The van der Waals surface area contributed by atoms with E-state index in [2.05, 4.69) is 16.6 Å². The first-order chi connectivity index (χ1) is 9.03. The lowest BCUT2D eigenvalue weighted by Gasteiger charge is -2.30. The largest absolute Gasteiger partial charge is 0.279 e. The van der Waals surface area contributed by atoms with Crippen LogP contribution in [0, 0.1) is 6.92 Å². The summed E-state index contributed by atoms with van der Waals surface area (Å²) in [4.78, 5) is 5.63. The molecule has 0 amide bonds. The van der Waals surface area contributed by atoms with Gasteiger partial charge in [-0.1, -0.05) is 6.92 Å². The minimum atomic E-state index is -3.28. The summed E-state index contributed by atoms with van der Waals surface area (Å²) in [6, 6.07) is 0. The molecule has 19 heavy (non-hydrogen) atoms. The standard InChI is InChI=1S/C12H21N3O2S2/c1-3-6-14-19(16,17)15-7-4-11(5-8-15)12-13-9-10(2)18-12/h9,11,14H,3-8H2,1-2H3. The SMILES string of the molecule is CCCNS(=O)(=O)N1CCC(c2ncc(C)s2)CC1. The van der Waals surface area contributed by atoms with Crippen LogP contribution in [-0.4, -0.2) is 37.3 Å². The van der Waals surface area contributed by atoms with E-state index in [1.54, 1.807) is 15.6 Å². The smallest absolute Gasteiger partial charge is 0.249 e. The molecule has 0 spiro atoms. The van der Waals surface area contributed by atoms with Crippen molar-refractivity contribution >= 4 is 21.5 Å². The van der Waals surface area contributed by atoms with Crippen molar-refractivity contribution in [2.75, 3.05) is 19.6 Å². The predicted octanol–water partition coefficient (Wildman–Crippen LogP) is 1.88. The highest BCUT2D eigenvalue weighted by atomic mass is 32.2. The zero-order valence-corrected chi connectivity index (χ0v) is 13.1. The normalized spacial score (nSPS) is 18.8. The van der Waals surface area contributed by atoms with Crippen molar-refractivity contribution in [3.8, 4) is 0 Å². The minimum Gasteiger partial charge on any atom is -0.249 e. The maximum absolute atomic E-state index is 12.0. The van der Waals surface area contributed by atoms with Crippen LogP contribution in [0.5, 0.6) is 0 Å². The molecular formula is C12H21N3O2S2. The third-order valence-corrected chi connectivity index (χ3v) is 6.01. The zero-order valence-electron chi connectivity index (χ0n) is 11.4. The molecule has 1 aromatic rings. The number of piperidine rings is 1. The summed E-state index contributed by atoms with van der Waals surface area (Å²) in [5.74, 6) is 0.413. The summed E-state index contributed by atoms with van der Waals surface area (Å²) >= 11 is 1.72. The number of aryl methyl sites for hydroxylation is 1. The van der Waals surface area contributed by atoms with Crippen LogP contribution in [0.4, 0.5) is 0 Å². The molecule has 0 saturated carbocycles. The highest BCUT2D eigenvalue weighted by Crippen LogP contribution is 2.31. The summed E-state index contributed by atoms with van der Waals surface area (Å²) in [6.45, 7) is 5.69. The third-order valence-electron chi connectivity index (χ3n) is 3.32. The second kappa shape index (κ2) is 6.30. The fraction of sp³-hybridized carbons (Fsp3) is 0.750. The van der Waals surface area contributed by atoms with Gasteiger partial charge in [-0.3, -0.25) is 0 Å². The molecule has 0 radical (unpaired) electrons. The topological polar surface area (TPSA) is 62.3 Å². The minimum absolute atomic E-state index is 0.413. The van der Waals surface area contributed by atoms with E-state index in [-0.39, 0.29) is 0 Å². The highest BCUT2D eigenvalue weighted by Gasteiger charge is 2.29. The van der Waals surface area contributed by atoms with E-state index >= 15 is 0 Å². The van der Waals surface area contributed by atoms with E-state index in [9.17, 15) is 8.42 Å². The number of hydrogen-bond donors (Lipinski definition) is 1. The van der Waals surface area contributed by atoms with Gasteiger partial charge in [-0.2, -0.15) is 12.7 Å². The van der Waals surface area contributed by atoms with E-state index in [1.807, 2.05) is 13.1 Å². The van der Waals surface area contributed by atoms with Gasteiger partial charge < -0.3 is 0 Å². The molecule has 1 aromatic heterocycles. The molecule has 0 atom stereocenters. The molecule has 1 fully saturated rings. The van der Waals surface area contributed by atoms with E-state index in [0.29, 0.717) is 25.6 Å². The first kappa shape index (κ1) is 14.9. The maximum atomic E-state index is 12.0. The number of rotatable bonds is 5. The van der Waals surface area contributed by atoms with Gasteiger partial charge in [-0.15, -0.1) is 11.3 Å². The van der Waals surface area contributed by atoms with Crippen LogP contribution in [0.25, 0.3) is 0 Å². The Labute approximate surface area is 119 Å². The Morgan fingerprint density at radius 3 is 2.68 bits per heavy atom. The molecule has 1 aliphatic heterocycles. The van der Waals surface area contributed by atoms with Crippen LogP contribution in [0.2, 0.25) is 0 Å². The molecule has 1 saturated heterocycles. The van der Waals surface area contributed by atoms with E-state index in [4.69, 9.17) is 0 Å². The molecule has 2 rings (SSSR count). The Morgan fingerprint density at radius 2 is 2.16 bits per heavy atom. The van der Waals surface area contributed by atoms with Crippen LogP contribution in [0.1, 0.15) is 42.0 Å². The summed E-state index contributed by atoms with van der Waals surface area (Å²) < 4.78 is 28.2. The van der Waals surface area contributed by atoms with Crippen molar-refractivity contribution < 1.29 is 8.42 Å². The van der Waals surface area contributed by atoms with Crippen molar-refractivity contribution in [2.45, 2.75) is 39.0 Å². The monoisotopic (exact) mass is 303 g/mol. The molecule has 0 unspecified atom stereocenters. The van der Waals surface area contributed by atoms with Crippen LogP contribution < -0.4 is 4.72 Å². The first-order valence-corrected chi connectivity index (χ1v) is 8.95. The first-order valence-electron chi connectivity index (χ1n) is 6.70. The van der Waals surface area contributed by atoms with Crippen molar-refractivity contribution in [3.63, 3.8) is 0 Å². The molecule has 1 N–H and O–H groups in total. The molecule has 0 bridgehead atoms. The van der Waals surface area contributed by atoms with E-state index in [0.717, 1.165) is 24.3 Å². The van der Waals surface area contributed by atoms with Gasteiger partial charge in [0, 0.05) is 36.6 Å². The zero-order chi connectivity index (χ0) is 13.9. The summed E-state index contributed by atoms with van der Waals surface area (Å²) in [5.41, 5.74) is 0. The lowest BCUT2D eigenvalue weighted by Crippen LogP contribution is -2.44. The van der Waals surface area contributed by atoms with E-state index < -0.39 is 10.2 Å². The Balaban J connectivity index is 1.92. The summed E-state index contributed by atoms with van der Waals surface area (Å²) in [6.07, 6.45) is 4.43. The quantitative estimate of drug-likeness (QED) is 0.903. The van der Waals surface area contributed by atoms with E-state index in [1.165, 1.54) is 4.88 Å². The highest BCUT2D eigenvalue weighted by molar-refractivity contribution is 7.87. The lowest BCUT2D eigenvalue weighted by atomic mass is 9.99. The van der Waals surface area contributed by atoms with Crippen molar-refractivity contribution in [1.29, 1.82) is 0 Å². The van der Waals surface area contributed by atoms with Gasteiger partial charge >= 0.3 is 0 Å². The number of thiazole rings is 1. The van der Waals surface area contributed by atoms with Crippen LogP contribution in [0.3, 0.4) is 0 Å². The molecule has 5 nitrogen and oxygen atoms in total. The Morgan fingerprint density at radius 1 is 1.47 bits per heavy atom. The molecule has 2 heterocycles. The molecule has 0 aromatic carbocycles. The number of nitrogens with one attached hydrogen (secondary N) is 1.